The molecule has 0 bridgehead atoms. The van der Waals surface area contributed by atoms with E-state index in [0.29, 0.717) is 31.9 Å². The van der Waals surface area contributed by atoms with Gasteiger partial charge < -0.3 is 25.2 Å². The molecule has 1 unspecified atom stereocenters. The lowest BCUT2D eigenvalue weighted by molar-refractivity contribution is 0.171. The zero-order valence-corrected chi connectivity index (χ0v) is 11.5. The molecule has 6 heteroatoms. The van der Waals surface area contributed by atoms with E-state index in [2.05, 4.69) is 10.6 Å². The fraction of sp³-hybridized carbons (Fsp3) is 0.500. The summed E-state index contributed by atoms with van der Waals surface area (Å²) in [6.45, 7) is 3.34. The molecule has 1 aliphatic rings. The first kappa shape index (κ1) is 14.5. The van der Waals surface area contributed by atoms with Crippen molar-refractivity contribution in [2.45, 2.75) is 25.9 Å². The fourth-order valence-electron chi connectivity index (χ4n) is 1.89. The number of amides is 2. The van der Waals surface area contributed by atoms with Gasteiger partial charge in [-0.3, -0.25) is 0 Å². The van der Waals surface area contributed by atoms with Crippen molar-refractivity contribution in [3.05, 3.63) is 23.8 Å². The Kier molecular flexibility index (Phi) is 5.06. The minimum atomic E-state index is -0.291. The predicted molar refractivity (Wildman–Crippen MR) is 74.0 cm³/mol. The second kappa shape index (κ2) is 7.00. The lowest BCUT2D eigenvalue weighted by Crippen LogP contribution is -2.43. The van der Waals surface area contributed by atoms with E-state index in [4.69, 9.17) is 14.6 Å². The van der Waals surface area contributed by atoms with Crippen LogP contribution in [0.5, 0.6) is 11.5 Å². The Morgan fingerprint density at radius 3 is 2.80 bits per heavy atom. The largest absolute Gasteiger partial charge is 0.486 e. The highest BCUT2D eigenvalue weighted by Gasteiger charge is 2.12. The standard InChI is InChI=1S/C14H20N2O4/c1-2-11(9-17)16-14(18)15-8-10-3-4-12-13(7-10)20-6-5-19-12/h3-4,7,11,17H,2,5-6,8-9H2,1H3,(H2,15,16,18). The van der Waals surface area contributed by atoms with Crippen molar-refractivity contribution in [2.75, 3.05) is 19.8 Å². The third-order valence-corrected chi connectivity index (χ3v) is 3.11. The maximum atomic E-state index is 11.6. The molecule has 0 spiro atoms. The third kappa shape index (κ3) is 3.77. The lowest BCUT2D eigenvalue weighted by atomic mass is 10.2. The minimum absolute atomic E-state index is 0.0616. The highest BCUT2D eigenvalue weighted by molar-refractivity contribution is 5.74. The van der Waals surface area contributed by atoms with Crippen LogP contribution in [0, 0.1) is 0 Å². The average molecular weight is 280 g/mol. The van der Waals surface area contributed by atoms with Crippen molar-refractivity contribution in [1.82, 2.24) is 10.6 Å². The summed E-state index contributed by atoms with van der Waals surface area (Å²) < 4.78 is 10.9. The molecule has 1 atom stereocenters. The Labute approximate surface area is 118 Å². The molecule has 110 valence electrons. The van der Waals surface area contributed by atoms with Gasteiger partial charge in [-0.25, -0.2) is 4.79 Å². The number of benzene rings is 1. The van der Waals surface area contributed by atoms with Crippen LogP contribution in [0.2, 0.25) is 0 Å². The van der Waals surface area contributed by atoms with Gasteiger partial charge in [-0.1, -0.05) is 13.0 Å². The number of nitrogens with one attached hydrogen (secondary N) is 2. The minimum Gasteiger partial charge on any atom is -0.486 e. The van der Waals surface area contributed by atoms with Gasteiger partial charge in [-0.05, 0) is 24.1 Å². The van der Waals surface area contributed by atoms with Crippen LogP contribution in [0.15, 0.2) is 18.2 Å². The van der Waals surface area contributed by atoms with Crippen molar-refractivity contribution in [2.24, 2.45) is 0 Å². The highest BCUT2D eigenvalue weighted by Crippen LogP contribution is 2.30. The number of carbonyl (C=O) groups excluding carboxylic acids is 1. The Hall–Kier alpha value is -1.95. The van der Waals surface area contributed by atoms with Crippen LogP contribution < -0.4 is 20.1 Å². The summed E-state index contributed by atoms with van der Waals surface area (Å²) in [5.74, 6) is 1.44. The van der Waals surface area contributed by atoms with Crippen molar-refractivity contribution in [1.29, 1.82) is 0 Å². The number of aliphatic hydroxyl groups excluding tert-OH is 1. The molecule has 3 N–H and O–H groups in total. The van der Waals surface area contributed by atoms with E-state index >= 15 is 0 Å². The zero-order valence-electron chi connectivity index (χ0n) is 11.5. The quantitative estimate of drug-likeness (QED) is 0.752. The number of hydrogen-bond acceptors (Lipinski definition) is 4. The van der Waals surface area contributed by atoms with Crippen LogP contribution in [0.3, 0.4) is 0 Å². The van der Waals surface area contributed by atoms with Crippen LogP contribution in [0.4, 0.5) is 4.79 Å². The summed E-state index contributed by atoms with van der Waals surface area (Å²) in [7, 11) is 0. The molecule has 0 fully saturated rings. The van der Waals surface area contributed by atoms with E-state index in [0.717, 1.165) is 11.3 Å². The summed E-state index contributed by atoms with van der Waals surface area (Å²) >= 11 is 0. The smallest absolute Gasteiger partial charge is 0.315 e. The normalized spacial score (nSPS) is 14.5. The van der Waals surface area contributed by atoms with Gasteiger partial charge in [0.1, 0.15) is 13.2 Å². The molecule has 2 amide bonds. The van der Waals surface area contributed by atoms with Gasteiger partial charge in [0.25, 0.3) is 0 Å². The molecule has 0 radical (unpaired) electrons. The number of hydrogen-bond donors (Lipinski definition) is 3. The van der Waals surface area contributed by atoms with Gasteiger partial charge in [0.15, 0.2) is 11.5 Å². The SMILES string of the molecule is CCC(CO)NC(=O)NCc1ccc2c(c1)OCCO2. The average Bonchev–Trinajstić information content (AvgIpc) is 2.50. The number of fused-ring (bicyclic) bond motifs is 1. The maximum Gasteiger partial charge on any atom is 0.315 e. The van der Waals surface area contributed by atoms with Crippen molar-refractivity contribution < 1.29 is 19.4 Å². The number of carbonyl (C=O) groups is 1. The first-order valence-corrected chi connectivity index (χ1v) is 6.76. The van der Waals surface area contributed by atoms with E-state index in [1.54, 1.807) is 0 Å². The second-order valence-corrected chi connectivity index (χ2v) is 4.59. The molecule has 1 aromatic carbocycles. The molecular formula is C14H20N2O4. The summed E-state index contributed by atoms with van der Waals surface area (Å²) in [5.41, 5.74) is 0.932. The first-order chi connectivity index (χ1) is 9.72. The molecule has 6 nitrogen and oxygen atoms in total. The number of aliphatic hydroxyl groups is 1. The van der Waals surface area contributed by atoms with E-state index < -0.39 is 0 Å². The Morgan fingerprint density at radius 2 is 2.10 bits per heavy atom. The topological polar surface area (TPSA) is 79.8 Å². The monoisotopic (exact) mass is 280 g/mol. The van der Waals surface area contributed by atoms with Crippen LogP contribution in [-0.4, -0.2) is 37.0 Å². The van der Waals surface area contributed by atoms with E-state index in [-0.39, 0.29) is 18.7 Å². The Bertz CT molecular complexity index is 460. The van der Waals surface area contributed by atoms with Crippen molar-refractivity contribution in [3.63, 3.8) is 0 Å². The molecule has 1 aromatic rings. The summed E-state index contributed by atoms with van der Waals surface area (Å²) in [6.07, 6.45) is 0.688. The summed E-state index contributed by atoms with van der Waals surface area (Å²) in [6, 6.07) is 5.08. The lowest BCUT2D eigenvalue weighted by Gasteiger charge is -2.19. The van der Waals surface area contributed by atoms with Gasteiger partial charge in [0.05, 0.1) is 12.6 Å². The van der Waals surface area contributed by atoms with E-state index in [1.807, 2.05) is 25.1 Å². The maximum absolute atomic E-state index is 11.6. The van der Waals surface area contributed by atoms with Gasteiger partial charge >= 0.3 is 6.03 Å². The van der Waals surface area contributed by atoms with Crippen molar-refractivity contribution in [3.8, 4) is 11.5 Å². The van der Waals surface area contributed by atoms with Crippen molar-refractivity contribution >= 4 is 6.03 Å². The number of ether oxygens (including phenoxy) is 2. The number of urea groups is 1. The Morgan fingerprint density at radius 1 is 1.35 bits per heavy atom. The van der Waals surface area contributed by atoms with Gasteiger partial charge in [0, 0.05) is 6.54 Å². The van der Waals surface area contributed by atoms with E-state index in [9.17, 15) is 4.79 Å². The van der Waals surface area contributed by atoms with Crippen LogP contribution >= 0.6 is 0 Å². The fourth-order valence-corrected chi connectivity index (χ4v) is 1.89. The molecule has 0 saturated heterocycles. The molecule has 0 aliphatic carbocycles. The predicted octanol–water partition coefficient (Wildman–Crippen LogP) is 1.03. The molecule has 0 saturated carbocycles. The first-order valence-electron chi connectivity index (χ1n) is 6.76. The molecule has 20 heavy (non-hydrogen) atoms. The number of rotatable bonds is 5. The van der Waals surface area contributed by atoms with Crippen LogP contribution in [-0.2, 0) is 6.54 Å². The van der Waals surface area contributed by atoms with Gasteiger partial charge in [0.2, 0.25) is 0 Å². The van der Waals surface area contributed by atoms with Crippen LogP contribution in [0.1, 0.15) is 18.9 Å². The molecule has 0 aromatic heterocycles. The second-order valence-electron chi connectivity index (χ2n) is 4.59. The van der Waals surface area contributed by atoms with Gasteiger partial charge in [-0.2, -0.15) is 0 Å². The zero-order chi connectivity index (χ0) is 14.4. The Balaban J connectivity index is 1.86. The third-order valence-electron chi connectivity index (χ3n) is 3.11. The molecule has 2 rings (SSSR count). The summed E-state index contributed by atoms with van der Waals surface area (Å²) in [4.78, 5) is 11.6. The molecule has 1 heterocycles. The van der Waals surface area contributed by atoms with Crippen LogP contribution in [0.25, 0.3) is 0 Å². The summed E-state index contributed by atoms with van der Waals surface area (Å²) in [5, 5.41) is 14.5. The molecular weight excluding hydrogens is 260 g/mol. The highest BCUT2D eigenvalue weighted by atomic mass is 16.6. The van der Waals surface area contributed by atoms with Gasteiger partial charge in [-0.15, -0.1) is 0 Å². The van der Waals surface area contributed by atoms with E-state index in [1.165, 1.54) is 0 Å². The molecule has 1 aliphatic heterocycles.